The standard InChI is InChI=1S/C16H16N2O2S2/c1-18-13(19)10-9-12(17-18)14(16(21-2)22-3)15(20)11-7-5-4-6-8-11/h4-10H,1-3H3. The van der Waals surface area contributed by atoms with E-state index in [1.54, 1.807) is 25.2 Å². The second-order valence-electron chi connectivity index (χ2n) is 4.45. The van der Waals surface area contributed by atoms with Crippen LogP contribution in [-0.2, 0) is 7.05 Å². The van der Waals surface area contributed by atoms with Crippen molar-refractivity contribution >= 4 is 34.9 Å². The van der Waals surface area contributed by atoms with Gasteiger partial charge in [0.15, 0.2) is 5.78 Å². The van der Waals surface area contributed by atoms with Crippen molar-refractivity contribution in [3.8, 4) is 0 Å². The molecule has 0 unspecified atom stereocenters. The van der Waals surface area contributed by atoms with Crippen LogP contribution in [0.25, 0.3) is 5.57 Å². The normalized spacial score (nSPS) is 10.3. The minimum absolute atomic E-state index is 0.0922. The van der Waals surface area contributed by atoms with Gasteiger partial charge in [-0.05, 0) is 18.6 Å². The lowest BCUT2D eigenvalue weighted by atomic mass is 10.0. The molecule has 0 saturated carbocycles. The van der Waals surface area contributed by atoms with E-state index in [4.69, 9.17) is 0 Å². The molecule has 0 atom stereocenters. The SMILES string of the molecule is CSC(SC)=C(C(=O)c1ccccc1)c1ccc(=O)n(C)n1. The van der Waals surface area contributed by atoms with Crippen LogP contribution in [0.15, 0.2) is 51.5 Å². The van der Waals surface area contributed by atoms with Gasteiger partial charge >= 0.3 is 0 Å². The highest BCUT2D eigenvalue weighted by molar-refractivity contribution is 8.22. The first-order valence-corrected chi connectivity index (χ1v) is 9.00. The summed E-state index contributed by atoms with van der Waals surface area (Å²) in [5, 5.41) is 4.24. The van der Waals surface area contributed by atoms with Gasteiger partial charge < -0.3 is 0 Å². The minimum Gasteiger partial charge on any atom is -0.288 e. The van der Waals surface area contributed by atoms with Crippen LogP contribution in [0, 0.1) is 0 Å². The summed E-state index contributed by atoms with van der Waals surface area (Å²) in [7, 11) is 1.58. The summed E-state index contributed by atoms with van der Waals surface area (Å²) >= 11 is 3.00. The van der Waals surface area contributed by atoms with Crippen molar-refractivity contribution in [1.29, 1.82) is 0 Å². The number of allylic oxidation sites excluding steroid dienone is 1. The van der Waals surface area contributed by atoms with Gasteiger partial charge in [0.2, 0.25) is 0 Å². The van der Waals surface area contributed by atoms with Crippen LogP contribution in [0.1, 0.15) is 16.1 Å². The molecule has 6 heteroatoms. The van der Waals surface area contributed by atoms with Gasteiger partial charge in [-0.25, -0.2) is 4.68 Å². The lowest BCUT2D eigenvalue weighted by Crippen LogP contribution is -2.20. The zero-order valence-electron chi connectivity index (χ0n) is 12.6. The van der Waals surface area contributed by atoms with Crippen LogP contribution in [0.3, 0.4) is 0 Å². The first-order valence-electron chi connectivity index (χ1n) is 6.55. The second-order valence-corrected chi connectivity index (χ2v) is 6.34. The molecular weight excluding hydrogens is 316 g/mol. The number of hydrogen-bond acceptors (Lipinski definition) is 5. The predicted molar refractivity (Wildman–Crippen MR) is 94.2 cm³/mol. The molecule has 0 aliphatic carbocycles. The number of thioether (sulfide) groups is 2. The van der Waals surface area contributed by atoms with Gasteiger partial charge in [-0.3, -0.25) is 9.59 Å². The number of Topliss-reactive ketones (excluding diaryl/α,β-unsaturated/α-hetero) is 1. The molecule has 1 aromatic carbocycles. The molecule has 0 aliphatic rings. The predicted octanol–water partition coefficient (Wildman–Crippen LogP) is 3.06. The van der Waals surface area contributed by atoms with Gasteiger partial charge in [-0.1, -0.05) is 30.3 Å². The number of carbonyl (C=O) groups is 1. The lowest BCUT2D eigenvalue weighted by Gasteiger charge is -2.11. The number of rotatable bonds is 5. The molecule has 0 fully saturated rings. The molecular formula is C16H16N2O2S2. The Morgan fingerprint density at radius 3 is 2.23 bits per heavy atom. The van der Waals surface area contributed by atoms with Crippen LogP contribution in [-0.4, -0.2) is 28.1 Å². The van der Waals surface area contributed by atoms with Crippen molar-refractivity contribution in [3.05, 3.63) is 68.3 Å². The molecule has 0 aliphatic heterocycles. The summed E-state index contributed by atoms with van der Waals surface area (Å²) in [6.07, 6.45) is 3.85. The van der Waals surface area contributed by atoms with Crippen molar-refractivity contribution < 1.29 is 4.79 Å². The highest BCUT2D eigenvalue weighted by Crippen LogP contribution is 2.34. The van der Waals surface area contributed by atoms with Crippen molar-refractivity contribution in [1.82, 2.24) is 9.78 Å². The van der Waals surface area contributed by atoms with Crippen molar-refractivity contribution in [3.63, 3.8) is 0 Å². The zero-order valence-corrected chi connectivity index (χ0v) is 14.2. The summed E-state index contributed by atoms with van der Waals surface area (Å²) in [6, 6.07) is 12.1. The van der Waals surface area contributed by atoms with E-state index in [2.05, 4.69) is 5.10 Å². The molecule has 0 N–H and O–H groups in total. The van der Waals surface area contributed by atoms with Gasteiger partial charge in [0.1, 0.15) is 0 Å². The number of benzene rings is 1. The monoisotopic (exact) mass is 332 g/mol. The fraction of sp³-hybridized carbons (Fsp3) is 0.188. The van der Waals surface area contributed by atoms with Crippen LogP contribution in [0.5, 0.6) is 0 Å². The summed E-state index contributed by atoms with van der Waals surface area (Å²) in [4.78, 5) is 24.4. The molecule has 114 valence electrons. The Bertz CT molecular complexity index is 761. The summed E-state index contributed by atoms with van der Waals surface area (Å²) in [5.74, 6) is -0.0922. The summed E-state index contributed by atoms with van der Waals surface area (Å²) < 4.78 is 2.12. The topological polar surface area (TPSA) is 52.0 Å². The highest BCUT2D eigenvalue weighted by Gasteiger charge is 2.20. The van der Waals surface area contributed by atoms with Crippen molar-refractivity contribution in [2.24, 2.45) is 7.05 Å². The van der Waals surface area contributed by atoms with Gasteiger partial charge in [-0.2, -0.15) is 5.10 Å². The first kappa shape index (κ1) is 16.6. The number of nitrogens with zero attached hydrogens (tertiary/aromatic N) is 2. The molecule has 0 saturated heterocycles. The molecule has 22 heavy (non-hydrogen) atoms. The Morgan fingerprint density at radius 2 is 1.68 bits per heavy atom. The van der Waals surface area contributed by atoms with Crippen LogP contribution in [0.4, 0.5) is 0 Å². The third kappa shape index (κ3) is 3.51. The van der Waals surface area contributed by atoms with E-state index in [1.165, 1.54) is 34.3 Å². The maximum atomic E-state index is 12.9. The van der Waals surface area contributed by atoms with E-state index in [0.29, 0.717) is 16.8 Å². The number of ketones is 1. The first-order chi connectivity index (χ1) is 10.6. The number of hydrogen-bond donors (Lipinski definition) is 0. The second kappa shape index (κ2) is 7.47. The van der Waals surface area contributed by atoms with Gasteiger partial charge in [0.05, 0.1) is 15.5 Å². The fourth-order valence-electron chi connectivity index (χ4n) is 1.97. The Kier molecular flexibility index (Phi) is 5.63. The molecule has 0 amide bonds. The third-order valence-electron chi connectivity index (χ3n) is 3.05. The maximum absolute atomic E-state index is 12.9. The average Bonchev–Trinajstić information content (AvgIpc) is 2.55. The molecule has 0 bridgehead atoms. The minimum atomic E-state index is -0.204. The lowest BCUT2D eigenvalue weighted by molar-refractivity contribution is 0.105. The van der Waals surface area contributed by atoms with E-state index < -0.39 is 0 Å². The van der Waals surface area contributed by atoms with Crippen LogP contribution < -0.4 is 5.56 Å². The Hall–Kier alpha value is -1.79. The quantitative estimate of drug-likeness (QED) is 0.622. The van der Waals surface area contributed by atoms with Crippen molar-refractivity contribution in [2.75, 3.05) is 12.5 Å². The Morgan fingerprint density at radius 1 is 1.05 bits per heavy atom. The van der Waals surface area contributed by atoms with E-state index in [9.17, 15) is 9.59 Å². The Balaban J connectivity index is 2.62. The molecule has 4 nitrogen and oxygen atoms in total. The van der Waals surface area contributed by atoms with E-state index in [1.807, 2.05) is 30.7 Å². The zero-order chi connectivity index (χ0) is 16.1. The van der Waals surface area contributed by atoms with E-state index >= 15 is 0 Å². The molecule has 2 aromatic rings. The average molecular weight is 332 g/mol. The third-order valence-corrected chi connectivity index (χ3v) is 5.20. The largest absolute Gasteiger partial charge is 0.288 e. The van der Waals surface area contributed by atoms with Crippen molar-refractivity contribution in [2.45, 2.75) is 0 Å². The fourth-order valence-corrected chi connectivity index (χ4v) is 3.44. The van der Waals surface area contributed by atoms with Crippen LogP contribution >= 0.6 is 23.5 Å². The maximum Gasteiger partial charge on any atom is 0.266 e. The molecule has 1 heterocycles. The molecule has 2 rings (SSSR count). The molecule has 0 radical (unpaired) electrons. The Labute approximate surface area is 137 Å². The van der Waals surface area contributed by atoms with Gasteiger partial charge in [-0.15, -0.1) is 23.5 Å². The number of aryl methyl sites for hydroxylation is 1. The summed E-state index contributed by atoms with van der Waals surface area (Å²) in [5.41, 5.74) is 1.44. The van der Waals surface area contributed by atoms with Crippen LogP contribution in [0.2, 0.25) is 0 Å². The smallest absolute Gasteiger partial charge is 0.266 e. The highest BCUT2D eigenvalue weighted by atomic mass is 32.2. The van der Waals surface area contributed by atoms with Gasteiger partial charge in [0, 0.05) is 18.7 Å². The molecule has 0 spiro atoms. The summed E-state index contributed by atoms with van der Waals surface area (Å²) in [6.45, 7) is 0. The molecule has 1 aromatic heterocycles. The van der Waals surface area contributed by atoms with E-state index in [-0.39, 0.29) is 11.3 Å². The van der Waals surface area contributed by atoms with Gasteiger partial charge in [0.25, 0.3) is 5.56 Å². The number of aromatic nitrogens is 2. The number of carbonyl (C=O) groups excluding carboxylic acids is 1. The van der Waals surface area contributed by atoms with E-state index in [0.717, 1.165) is 4.24 Å².